The summed E-state index contributed by atoms with van der Waals surface area (Å²) in [5.74, 6) is 0.428. The van der Waals surface area contributed by atoms with E-state index < -0.39 is 0 Å². The number of aromatic nitrogens is 3. The fraction of sp³-hybridized carbons (Fsp3) is 0.533. The summed E-state index contributed by atoms with van der Waals surface area (Å²) >= 11 is 1.39. The molecule has 1 amide bonds. The highest BCUT2D eigenvalue weighted by atomic mass is 32.1. The number of amides is 1. The number of hydrogen-bond acceptors (Lipinski definition) is 5. The summed E-state index contributed by atoms with van der Waals surface area (Å²) in [5, 5.41) is 17.1. The Labute approximate surface area is 133 Å². The van der Waals surface area contributed by atoms with Gasteiger partial charge in [0.2, 0.25) is 0 Å². The maximum Gasteiger partial charge on any atom is 0.263 e. The predicted molar refractivity (Wildman–Crippen MR) is 84.7 cm³/mol. The number of thiazole rings is 1. The van der Waals surface area contributed by atoms with Crippen molar-refractivity contribution in [1.29, 1.82) is 0 Å². The first-order chi connectivity index (χ1) is 10.6. The Morgan fingerprint density at radius 2 is 2.36 bits per heavy atom. The number of hydrogen-bond donors (Lipinski definition) is 2. The fourth-order valence-electron chi connectivity index (χ4n) is 2.56. The van der Waals surface area contributed by atoms with Gasteiger partial charge in [0.25, 0.3) is 5.91 Å². The molecule has 118 valence electrons. The highest BCUT2D eigenvalue weighted by Crippen LogP contribution is 2.34. The fourth-order valence-corrected chi connectivity index (χ4v) is 3.50. The summed E-state index contributed by atoms with van der Waals surface area (Å²) in [6.45, 7) is 1.95. The molecule has 2 aromatic rings. The van der Waals surface area contributed by atoms with E-state index in [-0.39, 0.29) is 18.6 Å². The highest BCUT2D eigenvalue weighted by Gasteiger charge is 2.32. The first kappa shape index (κ1) is 15.2. The molecule has 7 heteroatoms. The van der Waals surface area contributed by atoms with E-state index in [1.807, 2.05) is 20.2 Å². The third-order valence-electron chi connectivity index (χ3n) is 3.90. The maximum atomic E-state index is 12.5. The summed E-state index contributed by atoms with van der Waals surface area (Å²) in [6.07, 6.45) is 6.52. The number of carbonyl (C=O) groups excluding carboxylic acids is 1. The monoisotopic (exact) mass is 320 g/mol. The Kier molecular flexibility index (Phi) is 4.26. The number of aliphatic hydroxyl groups excluding tert-OH is 1. The van der Waals surface area contributed by atoms with Gasteiger partial charge in [0.1, 0.15) is 9.88 Å². The molecule has 0 spiro atoms. The lowest BCUT2D eigenvalue weighted by Gasteiger charge is -2.16. The zero-order chi connectivity index (χ0) is 15.7. The molecule has 0 radical (unpaired) electrons. The molecule has 1 aliphatic rings. The molecule has 1 unspecified atom stereocenters. The van der Waals surface area contributed by atoms with Gasteiger partial charge < -0.3 is 10.4 Å². The Morgan fingerprint density at radius 1 is 1.59 bits per heavy atom. The van der Waals surface area contributed by atoms with Crippen LogP contribution in [0.25, 0.3) is 10.6 Å². The van der Waals surface area contributed by atoms with Crippen LogP contribution in [0.3, 0.4) is 0 Å². The summed E-state index contributed by atoms with van der Waals surface area (Å²) in [7, 11) is 1.85. The van der Waals surface area contributed by atoms with Gasteiger partial charge in [-0.15, -0.1) is 11.3 Å². The molecule has 1 aliphatic carbocycles. The summed E-state index contributed by atoms with van der Waals surface area (Å²) in [6, 6.07) is 0.0702. The lowest BCUT2D eigenvalue weighted by molar-refractivity contribution is 0.0927. The van der Waals surface area contributed by atoms with Gasteiger partial charge in [-0.3, -0.25) is 9.48 Å². The van der Waals surface area contributed by atoms with Crippen LogP contribution in [0.1, 0.15) is 34.6 Å². The first-order valence-corrected chi connectivity index (χ1v) is 8.28. The number of aliphatic hydroxyl groups is 1. The normalized spacial score (nSPS) is 15.8. The van der Waals surface area contributed by atoms with Crippen molar-refractivity contribution in [3.8, 4) is 10.6 Å². The minimum atomic E-state index is -0.0875. The molecule has 1 saturated carbocycles. The molecule has 22 heavy (non-hydrogen) atoms. The maximum absolute atomic E-state index is 12.5. The number of nitrogens with one attached hydrogen (secondary N) is 1. The molecule has 1 fully saturated rings. The number of nitrogens with zero attached hydrogens (tertiary/aromatic N) is 3. The average Bonchev–Trinajstić information content (AvgIpc) is 3.13. The molecule has 2 aromatic heterocycles. The Hall–Kier alpha value is -1.73. The molecule has 0 bridgehead atoms. The Bertz CT molecular complexity index is 675. The van der Waals surface area contributed by atoms with E-state index in [0.29, 0.717) is 17.2 Å². The molecule has 0 saturated heterocycles. The third kappa shape index (κ3) is 3.20. The van der Waals surface area contributed by atoms with E-state index in [9.17, 15) is 4.79 Å². The molecular formula is C15H20N4O2S. The topological polar surface area (TPSA) is 80.0 Å². The molecular weight excluding hydrogens is 300 g/mol. The largest absolute Gasteiger partial charge is 0.396 e. The number of carbonyl (C=O) groups is 1. The van der Waals surface area contributed by atoms with E-state index in [2.05, 4.69) is 15.4 Å². The van der Waals surface area contributed by atoms with Gasteiger partial charge in [-0.25, -0.2) is 4.98 Å². The van der Waals surface area contributed by atoms with Crippen LogP contribution in [0.2, 0.25) is 0 Å². The van der Waals surface area contributed by atoms with Crippen molar-refractivity contribution in [2.45, 2.75) is 32.2 Å². The molecule has 0 aromatic carbocycles. The lowest BCUT2D eigenvalue weighted by Crippen LogP contribution is -2.37. The summed E-state index contributed by atoms with van der Waals surface area (Å²) in [4.78, 5) is 17.6. The molecule has 2 N–H and O–H groups in total. The minimum Gasteiger partial charge on any atom is -0.396 e. The van der Waals surface area contributed by atoms with Crippen LogP contribution >= 0.6 is 11.3 Å². The van der Waals surface area contributed by atoms with Gasteiger partial charge in [-0.05, 0) is 32.1 Å². The smallest absolute Gasteiger partial charge is 0.263 e. The zero-order valence-electron chi connectivity index (χ0n) is 12.7. The van der Waals surface area contributed by atoms with E-state index in [1.54, 1.807) is 10.9 Å². The first-order valence-electron chi connectivity index (χ1n) is 7.46. The second-order valence-corrected chi connectivity index (χ2v) is 6.76. The van der Waals surface area contributed by atoms with Crippen LogP contribution < -0.4 is 5.32 Å². The molecule has 6 nitrogen and oxygen atoms in total. The standard InChI is InChI=1S/C15H20N4O2S/c1-9-13(14(21)18-12(5-6-20)10-3-4-10)22-15(17-9)11-7-16-19(2)8-11/h7-8,10,12,20H,3-6H2,1-2H3,(H,18,21). The summed E-state index contributed by atoms with van der Waals surface area (Å²) in [5.41, 5.74) is 1.66. The number of aryl methyl sites for hydroxylation is 2. The second kappa shape index (κ2) is 6.18. The lowest BCUT2D eigenvalue weighted by atomic mass is 10.1. The van der Waals surface area contributed by atoms with Gasteiger partial charge in [0.15, 0.2) is 0 Å². The Morgan fingerprint density at radius 3 is 2.95 bits per heavy atom. The van der Waals surface area contributed by atoms with E-state index in [1.165, 1.54) is 11.3 Å². The molecule has 0 aliphatic heterocycles. The highest BCUT2D eigenvalue weighted by molar-refractivity contribution is 7.17. The quantitative estimate of drug-likeness (QED) is 0.849. The van der Waals surface area contributed by atoms with Gasteiger partial charge >= 0.3 is 0 Å². The van der Waals surface area contributed by atoms with Gasteiger partial charge in [-0.2, -0.15) is 5.10 Å². The van der Waals surface area contributed by atoms with E-state index in [0.717, 1.165) is 29.1 Å². The van der Waals surface area contributed by atoms with Crippen LogP contribution in [0, 0.1) is 12.8 Å². The van der Waals surface area contributed by atoms with Crippen molar-refractivity contribution in [2.75, 3.05) is 6.61 Å². The van der Waals surface area contributed by atoms with Crippen LogP contribution in [0.15, 0.2) is 12.4 Å². The van der Waals surface area contributed by atoms with Crippen molar-refractivity contribution in [1.82, 2.24) is 20.1 Å². The van der Waals surface area contributed by atoms with Crippen LogP contribution in [-0.4, -0.2) is 38.4 Å². The second-order valence-electron chi connectivity index (χ2n) is 5.77. The molecule has 2 heterocycles. The van der Waals surface area contributed by atoms with Crippen molar-refractivity contribution in [2.24, 2.45) is 13.0 Å². The van der Waals surface area contributed by atoms with Crippen molar-refractivity contribution in [3.63, 3.8) is 0 Å². The van der Waals surface area contributed by atoms with Gasteiger partial charge in [-0.1, -0.05) is 0 Å². The van der Waals surface area contributed by atoms with Crippen molar-refractivity contribution >= 4 is 17.2 Å². The van der Waals surface area contributed by atoms with Crippen molar-refractivity contribution in [3.05, 3.63) is 23.0 Å². The Balaban J connectivity index is 1.76. The average molecular weight is 320 g/mol. The van der Waals surface area contributed by atoms with Crippen molar-refractivity contribution < 1.29 is 9.90 Å². The van der Waals surface area contributed by atoms with Crippen LogP contribution in [-0.2, 0) is 7.05 Å². The van der Waals surface area contributed by atoms with Crippen LogP contribution in [0.5, 0.6) is 0 Å². The van der Waals surface area contributed by atoms with Gasteiger partial charge in [0, 0.05) is 31.5 Å². The van der Waals surface area contributed by atoms with E-state index >= 15 is 0 Å². The zero-order valence-corrected chi connectivity index (χ0v) is 13.6. The summed E-state index contributed by atoms with van der Waals surface area (Å²) < 4.78 is 1.72. The number of rotatable bonds is 6. The molecule has 3 rings (SSSR count). The predicted octanol–water partition coefficient (Wildman–Crippen LogP) is 1.74. The minimum absolute atomic E-state index is 0.0702. The van der Waals surface area contributed by atoms with E-state index in [4.69, 9.17) is 5.11 Å². The SMILES string of the molecule is Cc1nc(-c2cnn(C)c2)sc1C(=O)NC(CCO)C1CC1. The van der Waals surface area contributed by atoms with Gasteiger partial charge in [0.05, 0.1) is 11.9 Å². The van der Waals surface area contributed by atoms with Crippen LogP contribution in [0.4, 0.5) is 0 Å². The third-order valence-corrected chi connectivity index (χ3v) is 5.11. The molecule has 1 atom stereocenters.